The number of aliphatic imine (C=N–C) groups is 1. The molecule has 3 rings (SSSR count). The Hall–Kier alpha value is -2.04. The van der Waals surface area contributed by atoms with Crippen molar-refractivity contribution in [3.63, 3.8) is 0 Å². The van der Waals surface area contributed by atoms with E-state index >= 15 is 0 Å². The van der Waals surface area contributed by atoms with Gasteiger partial charge in [0.1, 0.15) is 12.3 Å². The lowest BCUT2D eigenvalue weighted by Crippen LogP contribution is -2.49. The summed E-state index contributed by atoms with van der Waals surface area (Å²) in [5.41, 5.74) is 0. The molecular weight excluding hydrogens is 471 g/mol. The van der Waals surface area contributed by atoms with Gasteiger partial charge in [-0.05, 0) is 31.4 Å². The third kappa shape index (κ3) is 5.98. The molecule has 0 bridgehead atoms. The number of carbonyl (C=O) groups is 1. The molecule has 2 aromatic heterocycles. The minimum Gasteiger partial charge on any atom is -0.467 e. The summed E-state index contributed by atoms with van der Waals surface area (Å²) in [5, 5.41) is 6.14. The summed E-state index contributed by atoms with van der Waals surface area (Å²) in [6.45, 7) is 7.30. The largest absolute Gasteiger partial charge is 0.467 e. The monoisotopic (exact) mass is 500 g/mol. The maximum Gasteiger partial charge on any atom is 0.242 e. The predicted octanol–water partition coefficient (Wildman–Crippen LogP) is 2.26. The molecule has 8 nitrogen and oxygen atoms in total. The van der Waals surface area contributed by atoms with Gasteiger partial charge in [-0.1, -0.05) is 6.92 Å². The first-order chi connectivity index (χ1) is 13.2. The molecule has 2 N–H and O–H groups in total. The van der Waals surface area contributed by atoms with Crippen molar-refractivity contribution in [2.45, 2.75) is 32.9 Å². The molecule has 0 saturated carbocycles. The van der Waals surface area contributed by atoms with E-state index in [1.165, 1.54) is 0 Å². The number of halogens is 1. The van der Waals surface area contributed by atoms with E-state index in [-0.39, 0.29) is 36.4 Å². The van der Waals surface area contributed by atoms with Crippen LogP contribution < -0.4 is 10.6 Å². The highest BCUT2D eigenvalue weighted by Gasteiger charge is 2.28. The Kier molecular flexibility index (Phi) is 8.81. The normalized spacial score (nSPS) is 19.8. The Morgan fingerprint density at radius 3 is 2.96 bits per heavy atom. The number of piperidine rings is 1. The van der Waals surface area contributed by atoms with Crippen LogP contribution in [0.25, 0.3) is 0 Å². The van der Waals surface area contributed by atoms with Crippen molar-refractivity contribution < 1.29 is 9.21 Å². The summed E-state index contributed by atoms with van der Waals surface area (Å²) >= 11 is 0. The van der Waals surface area contributed by atoms with Gasteiger partial charge in [-0.15, -0.1) is 24.0 Å². The maximum absolute atomic E-state index is 12.1. The van der Waals surface area contributed by atoms with Crippen LogP contribution in [0.3, 0.4) is 0 Å². The lowest BCUT2D eigenvalue weighted by Gasteiger charge is -2.39. The molecule has 1 saturated heterocycles. The highest BCUT2D eigenvalue weighted by Crippen LogP contribution is 2.27. The zero-order chi connectivity index (χ0) is 19.1. The average Bonchev–Trinajstić information content (AvgIpc) is 3.37. The van der Waals surface area contributed by atoms with Crippen LogP contribution in [0.4, 0.5) is 0 Å². The van der Waals surface area contributed by atoms with Gasteiger partial charge in [-0.2, -0.15) is 0 Å². The number of hydrogen-bond donors (Lipinski definition) is 2. The number of hydrogen-bond acceptors (Lipinski definition) is 4. The molecule has 154 valence electrons. The molecule has 28 heavy (non-hydrogen) atoms. The number of nitrogens with one attached hydrogen (secondary N) is 2. The molecule has 2 aromatic rings. The van der Waals surface area contributed by atoms with Gasteiger partial charge in [0.25, 0.3) is 0 Å². The van der Waals surface area contributed by atoms with Crippen molar-refractivity contribution >= 4 is 35.8 Å². The molecule has 0 radical (unpaired) electrons. The van der Waals surface area contributed by atoms with E-state index in [1.54, 1.807) is 12.3 Å². The fourth-order valence-corrected chi connectivity index (χ4v) is 3.32. The van der Waals surface area contributed by atoms with Gasteiger partial charge in [-0.25, -0.2) is 9.98 Å². The summed E-state index contributed by atoms with van der Waals surface area (Å²) in [5.74, 6) is 1.95. The molecule has 0 aliphatic carbocycles. The Morgan fingerprint density at radius 2 is 2.29 bits per heavy atom. The van der Waals surface area contributed by atoms with E-state index in [1.807, 2.05) is 31.7 Å². The van der Waals surface area contributed by atoms with Gasteiger partial charge < -0.3 is 24.5 Å². The van der Waals surface area contributed by atoms with Crippen molar-refractivity contribution in [1.82, 2.24) is 25.1 Å². The molecule has 2 atom stereocenters. The highest BCUT2D eigenvalue weighted by atomic mass is 127. The third-order valence-corrected chi connectivity index (χ3v) is 4.87. The van der Waals surface area contributed by atoms with Crippen LogP contribution in [0.15, 0.2) is 46.5 Å². The number of amides is 1. The number of likely N-dealkylation sites (tertiary alicyclic amines) is 1. The Labute approximate surface area is 182 Å². The molecule has 9 heteroatoms. The van der Waals surface area contributed by atoms with Crippen molar-refractivity contribution in [3.8, 4) is 0 Å². The molecule has 1 aliphatic heterocycles. The van der Waals surface area contributed by atoms with Gasteiger partial charge >= 0.3 is 0 Å². The number of guanidine groups is 1. The van der Waals surface area contributed by atoms with Crippen LogP contribution >= 0.6 is 24.0 Å². The molecule has 2 unspecified atom stereocenters. The zero-order valence-electron chi connectivity index (χ0n) is 16.4. The first-order valence-corrected chi connectivity index (χ1v) is 9.47. The minimum atomic E-state index is -0.127. The fraction of sp³-hybridized carbons (Fsp3) is 0.526. The third-order valence-electron chi connectivity index (χ3n) is 4.87. The van der Waals surface area contributed by atoms with Crippen molar-refractivity contribution in [2.75, 3.05) is 26.2 Å². The smallest absolute Gasteiger partial charge is 0.242 e. The van der Waals surface area contributed by atoms with Gasteiger partial charge in [0.15, 0.2) is 5.96 Å². The van der Waals surface area contributed by atoms with E-state index in [2.05, 4.69) is 37.0 Å². The van der Waals surface area contributed by atoms with Crippen molar-refractivity contribution in [2.24, 2.45) is 10.9 Å². The standard InChI is InChI=1S/C19H28N6O2.HI/c1-3-21-19(23-12-18(26)22-11-16-5-4-10-27-16)24-8-6-15(2)17(13-24)25-9-7-20-14-25;/h4-5,7,9-10,14-15,17H,3,6,8,11-13H2,1-2H3,(H,21,23)(H,22,26);1H. The van der Waals surface area contributed by atoms with Crippen molar-refractivity contribution in [1.29, 1.82) is 0 Å². The van der Waals surface area contributed by atoms with E-state index in [4.69, 9.17) is 4.42 Å². The van der Waals surface area contributed by atoms with Gasteiger partial charge in [0.05, 0.1) is 25.2 Å². The first kappa shape index (κ1) is 22.3. The summed E-state index contributed by atoms with van der Waals surface area (Å²) in [4.78, 5) is 23.1. The zero-order valence-corrected chi connectivity index (χ0v) is 18.7. The number of carbonyl (C=O) groups excluding carboxylic acids is 1. The number of furan rings is 1. The number of nitrogens with zero attached hydrogens (tertiary/aromatic N) is 4. The van der Waals surface area contributed by atoms with Gasteiger partial charge in [-0.3, -0.25) is 4.79 Å². The molecule has 1 fully saturated rings. The highest BCUT2D eigenvalue weighted by molar-refractivity contribution is 14.0. The summed E-state index contributed by atoms with van der Waals surface area (Å²) in [7, 11) is 0. The van der Waals surface area contributed by atoms with Crippen LogP contribution in [-0.2, 0) is 11.3 Å². The van der Waals surface area contributed by atoms with Crippen LogP contribution in [0, 0.1) is 5.92 Å². The fourth-order valence-electron chi connectivity index (χ4n) is 3.32. The number of rotatable bonds is 6. The Balaban J connectivity index is 0.00000280. The summed E-state index contributed by atoms with van der Waals surface area (Å²) in [6, 6.07) is 3.98. The van der Waals surface area contributed by atoms with Crippen molar-refractivity contribution in [3.05, 3.63) is 42.9 Å². The first-order valence-electron chi connectivity index (χ1n) is 9.47. The van der Waals surface area contributed by atoms with E-state index in [9.17, 15) is 4.79 Å². The van der Waals surface area contributed by atoms with Gasteiger partial charge in [0.2, 0.25) is 5.91 Å². The lowest BCUT2D eigenvalue weighted by atomic mass is 9.93. The molecule has 0 aromatic carbocycles. The summed E-state index contributed by atoms with van der Waals surface area (Å²) < 4.78 is 7.39. The lowest BCUT2D eigenvalue weighted by molar-refractivity contribution is -0.119. The molecule has 1 aliphatic rings. The molecule has 0 spiro atoms. The van der Waals surface area contributed by atoms with Crippen LogP contribution in [0.1, 0.15) is 32.1 Å². The SMILES string of the molecule is CCNC(=NCC(=O)NCc1ccco1)N1CCC(C)C(n2ccnc2)C1.I. The second kappa shape index (κ2) is 11.1. The molecule has 3 heterocycles. The van der Waals surface area contributed by atoms with Crippen LogP contribution in [0.2, 0.25) is 0 Å². The van der Waals surface area contributed by atoms with E-state index in [0.29, 0.717) is 18.5 Å². The Morgan fingerprint density at radius 1 is 1.43 bits per heavy atom. The average molecular weight is 500 g/mol. The predicted molar refractivity (Wildman–Crippen MR) is 119 cm³/mol. The molecular formula is C19H29IN6O2. The number of imidazole rings is 1. The second-order valence-corrected chi connectivity index (χ2v) is 6.82. The number of aromatic nitrogens is 2. The molecule has 1 amide bonds. The topological polar surface area (TPSA) is 87.7 Å². The maximum atomic E-state index is 12.1. The second-order valence-electron chi connectivity index (χ2n) is 6.82. The Bertz CT molecular complexity index is 732. The van der Waals surface area contributed by atoms with Crippen LogP contribution in [-0.4, -0.2) is 52.5 Å². The quantitative estimate of drug-likeness (QED) is 0.361. The minimum absolute atomic E-state index is 0. The van der Waals surface area contributed by atoms with E-state index < -0.39 is 0 Å². The van der Waals surface area contributed by atoms with Crippen LogP contribution in [0.5, 0.6) is 0 Å². The summed E-state index contributed by atoms with van der Waals surface area (Å²) in [6.07, 6.45) is 8.36. The van der Waals surface area contributed by atoms with E-state index in [0.717, 1.165) is 37.8 Å². The van der Waals surface area contributed by atoms with Gasteiger partial charge in [0, 0.05) is 32.0 Å².